The molecule has 2 N–H and O–H groups in total. The van der Waals surface area contributed by atoms with E-state index in [1.54, 1.807) is 7.11 Å². The van der Waals surface area contributed by atoms with Crippen molar-refractivity contribution in [3.63, 3.8) is 0 Å². The highest BCUT2D eigenvalue weighted by atomic mass is 16.6. The maximum absolute atomic E-state index is 13.3. The summed E-state index contributed by atoms with van der Waals surface area (Å²) in [5.41, 5.74) is 3.54. The number of ether oxygens (including phenoxy) is 3. The van der Waals surface area contributed by atoms with E-state index in [0.29, 0.717) is 37.3 Å². The molecule has 2 saturated heterocycles. The van der Waals surface area contributed by atoms with Crippen LogP contribution in [-0.4, -0.2) is 77.3 Å². The van der Waals surface area contributed by atoms with Gasteiger partial charge in [-0.3, -0.25) is 19.4 Å². The van der Waals surface area contributed by atoms with E-state index in [1.165, 1.54) is 15.4 Å². The quantitative estimate of drug-likeness (QED) is 0.241. The van der Waals surface area contributed by atoms with Crippen molar-refractivity contribution in [2.45, 2.75) is 108 Å². The van der Waals surface area contributed by atoms with Gasteiger partial charge in [0.25, 0.3) is 0 Å². The first-order chi connectivity index (χ1) is 25.1. The van der Waals surface area contributed by atoms with E-state index < -0.39 is 35.5 Å². The minimum Gasteiger partial charge on any atom is -0.497 e. The molecule has 2 unspecified atom stereocenters. The first-order valence-corrected chi connectivity index (χ1v) is 18.6. The second-order valence-corrected chi connectivity index (χ2v) is 16.2. The molecular weight excluding hydrogens is 672 g/mol. The number of hydrogen-bond donors (Lipinski definition) is 2. The molecule has 11 nitrogen and oxygen atoms in total. The Balaban J connectivity index is 1.14. The van der Waals surface area contributed by atoms with Crippen LogP contribution >= 0.6 is 0 Å². The fourth-order valence-electron chi connectivity index (χ4n) is 7.57. The monoisotopic (exact) mass is 724 g/mol. The Morgan fingerprint density at radius 2 is 0.906 bits per heavy atom. The van der Waals surface area contributed by atoms with E-state index in [0.717, 1.165) is 29.7 Å². The fraction of sp³-hybridized carbons (Fsp3) is 0.476. The average molecular weight is 725 g/mol. The third-order valence-corrected chi connectivity index (χ3v) is 10.0. The van der Waals surface area contributed by atoms with E-state index in [9.17, 15) is 19.2 Å². The highest BCUT2D eigenvalue weighted by Gasteiger charge is 2.52. The normalized spacial score (nSPS) is 22.6. The Labute approximate surface area is 312 Å². The standard InChI is InChI=1S/C42H52N4O7/c1-41(2,3)52-39(49)45-24-8-10-32(45)37(47)43-29-18-12-26(13-19-29)34-35(36(34)28-16-22-31(51-7)23-17-28)27-14-20-30(21-15-27)44-38(48)33-11-9-25-46(33)40(50)53-42(4,5)6/h12-23,32-36H,8-11,24-25H2,1-7H3,(H,43,47)(H,44,48)/t32-,33-,34?,35?,36?/m0/s1. The van der Waals surface area contributed by atoms with Crippen LogP contribution in [0.4, 0.5) is 21.0 Å². The van der Waals surface area contributed by atoms with E-state index in [-0.39, 0.29) is 29.6 Å². The number of carbonyl (C=O) groups is 4. The maximum Gasteiger partial charge on any atom is 0.410 e. The van der Waals surface area contributed by atoms with Crippen molar-refractivity contribution in [1.29, 1.82) is 0 Å². The highest BCUT2D eigenvalue weighted by Crippen LogP contribution is 2.66. The van der Waals surface area contributed by atoms with Gasteiger partial charge >= 0.3 is 12.2 Å². The third kappa shape index (κ3) is 8.95. The van der Waals surface area contributed by atoms with Gasteiger partial charge in [0.15, 0.2) is 0 Å². The minimum atomic E-state index is -0.638. The Bertz CT molecular complexity index is 1690. The smallest absolute Gasteiger partial charge is 0.410 e. The van der Waals surface area contributed by atoms with Crippen molar-refractivity contribution in [3.05, 3.63) is 89.5 Å². The third-order valence-electron chi connectivity index (χ3n) is 10.0. The molecule has 11 heteroatoms. The Hall–Kier alpha value is -5.06. The van der Waals surface area contributed by atoms with Crippen LogP contribution in [0.2, 0.25) is 0 Å². The molecule has 4 atom stereocenters. The van der Waals surface area contributed by atoms with Crippen molar-refractivity contribution >= 4 is 35.4 Å². The van der Waals surface area contributed by atoms with E-state index >= 15 is 0 Å². The first-order valence-electron chi connectivity index (χ1n) is 18.6. The summed E-state index contributed by atoms with van der Waals surface area (Å²) in [7, 11) is 1.65. The molecule has 0 aromatic heterocycles. The number of benzene rings is 3. The van der Waals surface area contributed by atoms with Gasteiger partial charge in [0.2, 0.25) is 11.8 Å². The lowest BCUT2D eigenvalue weighted by Crippen LogP contribution is -2.45. The van der Waals surface area contributed by atoms with Crippen LogP contribution in [0.15, 0.2) is 72.8 Å². The number of nitrogens with zero attached hydrogens (tertiary/aromatic N) is 2. The minimum absolute atomic E-state index is 0.187. The maximum atomic E-state index is 13.3. The molecule has 0 spiro atoms. The largest absolute Gasteiger partial charge is 0.497 e. The molecule has 2 heterocycles. The van der Waals surface area contributed by atoms with Crippen molar-refractivity contribution in [2.75, 3.05) is 30.8 Å². The molecule has 3 fully saturated rings. The lowest BCUT2D eigenvalue weighted by atomic mass is 10.0. The molecule has 3 aromatic rings. The summed E-state index contributed by atoms with van der Waals surface area (Å²) in [4.78, 5) is 55.2. The van der Waals surface area contributed by atoms with Gasteiger partial charge in [-0.2, -0.15) is 0 Å². The van der Waals surface area contributed by atoms with E-state index in [1.807, 2.05) is 77.9 Å². The molecule has 282 valence electrons. The van der Waals surface area contributed by atoms with Gasteiger partial charge in [-0.05, 0) is 138 Å². The molecular formula is C42H52N4O7. The molecule has 1 aliphatic carbocycles. The first kappa shape index (κ1) is 37.7. The fourth-order valence-corrected chi connectivity index (χ4v) is 7.57. The topological polar surface area (TPSA) is 127 Å². The number of nitrogens with one attached hydrogen (secondary N) is 2. The van der Waals surface area contributed by atoms with E-state index in [2.05, 4.69) is 47.0 Å². The van der Waals surface area contributed by atoms with Crippen molar-refractivity contribution in [1.82, 2.24) is 9.80 Å². The predicted molar refractivity (Wildman–Crippen MR) is 203 cm³/mol. The highest BCUT2D eigenvalue weighted by molar-refractivity contribution is 5.97. The lowest BCUT2D eigenvalue weighted by molar-refractivity contribution is -0.121. The summed E-state index contributed by atoms with van der Waals surface area (Å²) in [6.45, 7) is 11.9. The molecule has 2 aliphatic heterocycles. The van der Waals surface area contributed by atoms with E-state index in [4.69, 9.17) is 14.2 Å². The van der Waals surface area contributed by atoms with Crippen molar-refractivity contribution in [3.8, 4) is 5.75 Å². The number of likely N-dealkylation sites (tertiary alicyclic amines) is 2. The zero-order chi connectivity index (χ0) is 38.1. The van der Waals surface area contributed by atoms with Crippen LogP contribution in [0.5, 0.6) is 5.75 Å². The molecule has 6 rings (SSSR count). The van der Waals surface area contributed by atoms with Gasteiger partial charge in [0, 0.05) is 24.5 Å². The molecule has 53 heavy (non-hydrogen) atoms. The second kappa shape index (κ2) is 15.1. The molecule has 3 aromatic carbocycles. The molecule has 0 radical (unpaired) electrons. The SMILES string of the molecule is COc1ccc(C2C(c3ccc(NC(=O)[C@@H]4CCCN4C(=O)OC(C)(C)C)cc3)C2c2ccc(NC(=O)[C@@H]3CCCN3C(=O)OC(C)(C)C)cc2)cc1. The van der Waals surface area contributed by atoms with Gasteiger partial charge in [-0.1, -0.05) is 36.4 Å². The molecule has 4 amide bonds. The Morgan fingerprint density at radius 1 is 0.566 bits per heavy atom. The van der Waals surface area contributed by atoms with Gasteiger partial charge in [-0.25, -0.2) is 9.59 Å². The van der Waals surface area contributed by atoms with Crippen LogP contribution in [0.1, 0.15) is 102 Å². The number of hydrogen-bond acceptors (Lipinski definition) is 7. The predicted octanol–water partition coefficient (Wildman–Crippen LogP) is 8.04. The average Bonchev–Trinajstić information content (AvgIpc) is 3.41. The molecule has 0 bridgehead atoms. The van der Waals surface area contributed by atoms with Crippen molar-refractivity contribution < 1.29 is 33.4 Å². The second-order valence-electron chi connectivity index (χ2n) is 16.2. The number of anilines is 2. The Kier molecular flexibility index (Phi) is 10.8. The van der Waals surface area contributed by atoms with Crippen LogP contribution < -0.4 is 15.4 Å². The summed E-state index contributed by atoms with van der Waals surface area (Å²) in [6, 6.07) is 22.9. The molecule has 3 aliphatic rings. The molecule has 1 saturated carbocycles. The van der Waals surface area contributed by atoms with Gasteiger partial charge < -0.3 is 24.8 Å². The van der Waals surface area contributed by atoms with Gasteiger partial charge in [0.1, 0.15) is 29.0 Å². The summed E-state index contributed by atoms with van der Waals surface area (Å²) in [5, 5.41) is 6.02. The zero-order valence-electron chi connectivity index (χ0n) is 31.8. The van der Waals surface area contributed by atoms with Crippen molar-refractivity contribution in [2.24, 2.45) is 0 Å². The van der Waals surface area contributed by atoms with Crippen LogP contribution in [0.3, 0.4) is 0 Å². The summed E-state index contributed by atoms with van der Waals surface area (Å²) in [6.07, 6.45) is 1.72. The van der Waals surface area contributed by atoms with Crippen LogP contribution in [-0.2, 0) is 19.1 Å². The number of rotatable bonds is 8. The Morgan fingerprint density at radius 3 is 1.23 bits per heavy atom. The summed E-state index contributed by atoms with van der Waals surface area (Å²) < 4.78 is 16.5. The zero-order valence-corrected chi connectivity index (χ0v) is 31.8. The number of amides is 4. The summed E-state index contributed by atoms with van der Waals surface area (Å²) in [5.74, 6) is 0.934. The van der Waals surface area contributed by atoms with Crippen LogP contribution in [0.25, 0.3) is 0 Å². The van der Waals surface area contributed by atoms with Gasteiger partial charge in [0.05, 0.1) is 7.11 Å². The van der Waals surface area contributed by atoms with Gasteiger partial charge in [-0.15, -0.1) is 0 Å². The number of methoxy groups -OCH3 is 1. The summed E-state index contributed by atoms with van der Waals surface area (Å²) >= 11 is 0. The van der Waals surface area contributed by atoms with Crippen LogP contribution in [0, 0.1) is 0 Å². The lowest BCUT2D eigenvalue weighted by Gasteiger charge is -2.28. The number of carbonyl (C=O) groups excluding carboxylic acids is 4.